The third-order valence-electron chi connectivity index (χ3n) is 7.74. The lowest BCUT2D eigenvalue weighted by Gasteiger charge is -2.35. The molecule has 4 rings (SSSR count). The van der Waals surface area contributed by atoms with Gasteiger partial charge in [-0.25, -0.2) is 0 Å². The number of likely N-dealkylation sites (tertiary alicyclic amines) is 1. The highest BCUT2D eigenvalue weighted by Crippen LogP contribution is 2.41. The summed E-state index contributed by atoms with van der Waals surface area (Å²) in [7, 11) is 0. The highest BCUT2D eigenvalue weighted by Gasteiger charge is 2.40. The van der Waals surface area contributed by atoms with E-state index in [1.165, 1.54) is 5.56 Å². The number of carbonyl (C=O) groups is 3. The summed E-state index contributed by atoms with van der Waals surface area (Å²) in [6, 6.07) is 17.7. The van der Waals surface area contributed by atoms with Gasteiger partial charge in [0.05, 0.1) is 12.3 Å². The number of nitrogen functional groups attached to an aromatic ring is 1. The summed E-state index contributed by atoms with van der Waals surface area (Å²) in [4.78, 5) is 38.7. The zero-order valence-electron chi connectivity index (χ0n) is 22.1. The summed E-state index contributed by atoms with van der Waals surface area (Å²) in [5.41, 5.74) is 8.59. The number of benzene rings is 2. The van der Waals surface area contributed by atoms with Crippen molar-refractivity contribution in [3.63, 3.8) is 0 Å². The van der Waals surface area contributed by atoms with Gasteiger partial charge in [0.15, 0.2) is 0 Å². The van der Waals surface area contributed by atoms with E-state index in [4.69, 9.17) is 11.1 Å². The summed E-state index contributed by atoms with van der Waals surface area (Å²) in [6.45, 7) is 1.06. The second-order valence-corrected chi connectivity index (χ2v) is 10.3. The van der Waals surface area contributed by atoms with Gasteiger partial charge in [-0.05, 0) is 55.6 Å². The van der Waals surface area contributed by atoms with Crippen molar-refractivity contribution in [2.24, 2.45) is 17.6 Å². The van der Waals surface area contributed by atoms with Crippen molar-refractivity contribution in [3.05, 3.63) is 71.3 Å². The molecule has 9 N–H and O–H groups in total. The molecule has 0 aromatic heterocycles. The number of nitrogens with two attached hydrogens (primary N) is 1. The minimum Gasteiger partial charge on any atom is -0.481 e. The van der Waals surface area contributed by atoms with Gasteiger partial charge >= 0.3 is 5.97 Å². The number of carbonyl (C=O) groups excluding carboxylic acids is 2. The quantitative estimate of drug-likeness (QED) is 0.234. The molecule has 2 fully saturated rings. The number of carboxylic acid groups (broad SMARTS) is 1. The van der Waals surface area contributed by atoms with Gasteiger partial charge in [0, 0.05) is 30.6 Å². The molecule has 1 aliphatic carbocycles. The number of hydrogen-bond donors (Lipinski definition) is 4. The molecule has 1 saturated heterocycles. The molecular weight excluding hydrogens is 500 g/mol. The monoisotopic (exact) mass is 540 g/mol. The molecule has 2 aliphatic rings. The predicted molar refractivity (Wildman–Crippen MR) is 148 cm³/mol. The molecule has 2 amide bonds. The summed E-state index contributed by atoms with van der Waals surface area (Å²) < 4.78 is 0. The van der Waals surface area contributed by atoms with Gasteiger partial charge in [0.2, 0.25) is 11.8 Å². The van der Waals surface area contributed by atoms with Gasteiger partial charge < -0.3 is 32.0 Å². The molecule has 2 aromatic carbocycles. The molecule has 0 bridgehead atoms. The Bertz CT molecular complexity index is 1120. The van der Waals surface area contributed by atoms with Gasteiger partial charge in [0.1, 0.15) is 5.84 Å². The molecule has 0 spiro atoms. The number of nitrogens with zero attached hydrogens (tertiary/aromatic N) is 1. The summed E-state index contributed by atoms with van der Waals surface area (Å²) in [5, 5.41) is 19.8. The third kappa shape index (κ3) is 8.11. The molecule has 2 atom stereocenters. The van der Waals surface area contributed by atoms with Gasteiger partial charge in [-0.2, -0.15) is 0 Å². The minimum atomic E-state index is -0.952. The molecule has 10 heteroatoms. The van der Waals surface area contributed by atoms with Crippen molar-refractivity contribution in [1.29, 1.82) is 5.41 Å². The number of aliphatic carboxylic acids is 1. The van der Waals surface area contributed by atoms with Gasteiger partial charge in [-0.1, -0.05) is 54.6 Å². The molecular formula is C29H40N4O6. The lowest BCUT2D eigenvalue weighted by Crippen LogP contribution is -2.41. The van der Waals surface area contributed by atoms with E-state index in [0.717, 1.165) is 31.2 Å². The van der Waals surface area contributed by atoms with Crippen molar-refractivity contribution < 1.29 is 30.4 Å². The van der Waals surface area contributed by atoms with E-state index in [1.807, 2.05) is 47.4 Å². The predicted octanol–water partition coefficient (Wildman–Crippen LogP) is 1.65. The number of nitrogens with one attached hydrogen (secondary N) is 2. The lowest BCUT2D eigenvalue weighted by molar-refractivity contribution is -0.142. The van der Waals surface area contributed by atoms with E-state index >= 15 is 0 Å². The zero-order chi connectivity index (χ0) is 26.4. The number of rotatable bonds is 12. The van der Waals surface area contributed by atoms with Gasteiger partial charge in [0.25, 0.3) is 0 Å². The van der Waals surface area contributed by atoms with E-state index < -0.39 is 11.9 Å². The Morgan fingerprint density at radius 2 is 1.69 bits per heavy atom. The maximum Gasteiger partial charge on any atom is 0.304 e. The Morgan fingerprint density at radius 3 is 2.31 bits per heavy atom. The fraction of sp³-hybridized carbons (Fsp3) is 0.448. The van der Waals surface area contributed by atoms with Crippen LogP contribution in [0.4, 0.5) is 0 Å². The van der Waals surface area contributed by atoms with Crippen LogP contribution < -0.4 is 11.1 Å². The van der Waals surface area contributed by atoms with Crippen LogP contribution in [-0.2, 0) is 20.8 Å². The van der Waals surface area contributed by atoms with Gasteiger partial charge in [-0.15, -0.1) is 0 Å². The van der Waals surface area contributed by atoms with E-state index in [0.29, 0.717) is 37.4 Å². The standard InChI is InChI=1S/C29H36N4O4.2H2O/c30-27(31)21-10-8-20(9-11-21)22-15-23(16-22)28(36)32-13-12-25-17-24(18-26(34)35)29(37)33(25)14-4-7-19-5-2-1-3-6-19;;/h1-3,5-6,8-11,22-25H,4,7,12-18H2,(H3,30,31)(H,32,36)(H,34,35);2*1H2/t22-,23-,24-,25+;;/m0../s1. The zero-order valence-corrected chi connectivity index (χ0v) is 22.1. The summed E-state index contributed by atoms with van der Waals surface area (Å²) in [6.07, 6.45) is 4.26. The fourth-order valence-electron chi connectivity index (χ4n) is 5.56. The van der Waals surface area contributed by atoms with E-state index in [-0.39, 0.29) is 47.0 Å². The molecule has 10 nitrogen and oxygen atoms in total. The Morgan fingerprint density at radius 1 is 1.03 bits per heavy atom. The number of amides is 2. The second kappa shape index (κ2) is 14.4. The maximum absolute atomic E-state index is 12.9. The average molecular weight is 541 g/mol. The van der Waals surface area contributed by atoms with Crippen LogP contribution in [0.3, 0.4) is 0 Å². The SMILES string of the molecule is N=C(N)c1ccc([C@H]2C[C@H](C(=O)NCC[C@@H]3C[C@@H](CC(=O)O)C(=O)N3CCCc3ccccc3)C2)cc1.O.O. The van der Waals surface area contributed by atoms with E-state index in [1.54, 1.807) is 0 Å². The maximum atomic E-state index is 12.9. The van der Waals surface area contributed by atoms with Crippen LogP contribution in [0.25, 0.3) is 0 Å². The Labute approximate surface area is 228 Å². The fourth-order valence-corrected chi connectivity index (χ4v) is 5.56. The van der Waals surface area contributed by atoms with Crippen LogP contribution >= 0.6 is 0 Å². The van der Waals surface area contributed by atoms with Gasteiger partial charge in [-0.3, -0.25) is 19.8 Å². The first kappa shape index (κ1) is 31.5. The van der Waals surface area contributed by atoms with Crippen LogP contribution in [0.15, 0.2) is 54.6 Å². The molecule has 1 heterocycles. The summed E-state index contributed by atoms with van der Waals surface area (Å²) in [5.74, 6) is -1.12. The average Bonchev–Trinajstić information content (AvgIpc) is 3.13. The van der Waals surface area contributed by atoms with Crippen molar-refractivity contribution >= 4 is 23.6 Å². The van der Waals surface area contributed by atoms with E-state index in [9.17, 15) is 19.5 Å². The highest BCUT2D eigenvalue weighted by molar-refractivity contribution is 5.94. The van der Waals surface area contributed by atoms with E-state index in [2.05, 4.69) is 17.4 Å². The molecule has 0 radical (unpaired) electrons. The molecule has 0 unspecified atom stereocenters. The molecule has 1 saturated carbocycles. The number of carboxylic acids is 1. The van der Waals surface area contributed by atoms with Crippen molar-refractivity contribution in [1.82, 2.24) is 10.2 Å². The normalized spacial score (nSPS) is 21.7. The van der Waals surface area contributed by atoms with Crippen LogP contribution in [-0.4, -0.2) is 63.7 Å². The molecule has 39 heavy (non-hydrogen) atoms. The topological polar surface area (TPSA) is 200 Å². The van der Waals surface area contributed by atoms with Crippen LogP contribution in [0, 0.1) is 17.2 Å². The molecule has 212 valence electrons. The minimum absolute atomic E-state index is 0. The third-order valence-corrected chi connectivity index (χ3v) is 7.74. The van der Waals surface area contributed by atoms with Crippen LogP contribution in [0.1, 0.15) is 61.1 Å². The Balaban J connectivity index is 0.00000267. The molecule has 1 aliphatic heterocycles. The van der Waals surface area contributed by atoms with Crippen LogP contribution in [0.5, 0.6) is 0 Å². The van der Waals surface area contributed by atoms with Crippen molar-refractivity contribution in [2.45, 2.75) is 56.9 Å². The first-order valence-electron chi connectivity index (χ1n) is 13.1. The first-order chi connectivity index (χ1) is 17.8. The van der Waals surface area contributed by atoms with Crippen molar-refractivity contribution in [3.8, 4) is 0 Å². The lowest BCUT2D eigenvalue weighted by atomic mass is 9.71. The number of aryl methyl sites for hydroxylation is 1. The largest absolute Gasteiger partial charge is 0.481 e. The summed E-state index contributed by atoms with van der Waals surface area (Å²) >= 11 is 0. The number of amidine groups is 1. The van der Waals surface area contributed by atoms with Crippen molar-refractivity contribution in [2.75, 3.05) is 13.1 Å². The highest BCUT2D eigenvalue weighted by atomic mass is 16.4. The molecule has 2 aromatic rings. The Kier molecular flexibility index (Phi) is 11.6. The smallest absolute Gasteiger partial charge is 0.304 e. The second-order valence-electron chi connectivity index (χ2n) is 10.3. The number of hydrogen-bond acceptors (Lipinski definition) is 4. The first-order valence-corrected chi connectivity index (χ1v) is 13.1. The Hall–Kier alpha value is -3.76. The van der Waals surface area contributed by atoms with Crippen LogP contribution in [0.2, 0.25) is 0 Å².